The lowest BCUT2D eigenvalue weighted by Gasteiger charge is -2.38. The van der Waals surface area contributed by atoms with Crippen molar-refractivity contribution in [1.82, 2.24) is 10.2 Å². The molecule has 1 heterocycles. The molecule has 3 unspecified atom stereocenters. The molecule has 0 amide bonds. The molecule has 3 nitrogen and oxygen atoms in total. The second-order valence-electron chi connectivity index (χ2n) is 5.51. The number of hydrogen-bond donors (Lipinski definition) is 2. The van der Waals surface area contributed by atoms with Crippen molar-refractivity contribution in [2.45, 2.75) is 63.1 Å². The van der Waals surface area contributed by atoms with Crippen LogP contribution in [0.5, 0.6) is 0 Å². The number of aliphatic hydroxyl groups is 1. The molecule has 1 aliphatic carbocycles. The van der Waals surface area contributed by atoms with Crippen molar-refractivity contribution in [3.05, 3.63) is 0 Å². The standard InChI is InChI=1S/C13H26N2O/c1-15(10-11-6-4-5-9-14-11)12-7-2-3-8-13(12)16/h11-14,16H,2-10H2,1H3. The third-order valence-corrected chi connectivity index (χ3v) is 4.18. The monoisotopic (exact) mass is 226 g/mol. The molecule has 2 N–H and O–H groups in total. The maximum atomic E-state index is 10.0. The molecule has 1 aliphatic heterocycles. The molecule has 94 valence electrons. The number of rotatable bonds is 3. The quantitative estimate of drug-likeness (QED) is 0.763. The van der Waals surface area contributed by atoms with Crippen LogP contribution >= 0.6 is 0 Å². The van der Waals surface area contributed by atoms with E-state index in [0.29, 0.717) is 12.1 Å². The lowest BCUT2D eigenvalue weighted by Crippen LogP contribution is -2.50. The van der Waals surface area contributed by atoms with E-state index >= 15 is 0 Å². The Hall–Kier alpha value is -0.120. The average Bonchev–Trinajstić information content (AvgIpc) is 2.31. The molecule has 0 aromatic rings. The molecule has 0 radical (unpaired) electrons. The minimum Gasteiger partial charge on any atom is -0.391 e. The van der Waals surface area contributed by atoms with Gasteiger partial charge in [-0.3, -0.25) is 4.90 Å². The SMILES string of the molecule is CN(CC1CCCCN1)C1CCCCC1O. The van der Waals surface area contributed by atoms with Crippen LogP contribution in [0.15, 0.2) is 0 Å². The van der Waals surface area contributed by atoms with E-state index in [4.69, 9.17) is 0 Å². The van der Waals surface area contributed by atoms with Gasteiger partial charge in [-0.2, -0.15) is 0 Å². The Morgan fingerprint density at radius 2 is 1.88 bits per heavy atom. The lowest BCUT2D eigenvalue weighted by atomic mass is 9.91. The Balaban J connectivity index is 1.78. The van der Waals surface area contributed by atoms with Crippen LogP contribution in [0.3, 0.4) is 0 Å². The van der Waals surface area contributed by atoms with E-state index in [9.17, 15) is 5.11 Å². The second kappa shape index (κ2) is 5.99. The maximum absolute atomic E-state index is 10.0. The maximum Gasteiger partial charge on any atom is 0.0695 e. The summed E-state index contributed by atoms with van der Waals surface area (Å²) in [5.41, 5.74) is 0. The average molecular weight is 226 g/mol. The Labute approximate surface area is 99.2 Å². The van der Waals surface area contributed by atoms with Gasteiger partial charge in [0.1, 0.15) is 0 Å². The number of nitrogens with one attached hydrogen (secondary N) is 1. The van der Waals surface area contributed by atoms with Gasteiger partial charge in [-0.1, -0.05) is 19.3 Å². The summed E-state index contributed by atoms with van der Waals surface area (Å²) >= 11 is 0. The van der Waals surface area contributed by atoms with E-state index < -0.39 is 0 Å². The third-order valence-electron chi connectivity index (χ3n) is 4.18. The first-order valence-electron chi connectivity index (χ1n) is 6.89. The molecule has 2 aliphatic rings. The fourth-order valence-electron chi connectivity index (χ4n) is 3.17. The van der Waals surface area contributed by atoms with E-state index in [1.54, 1.807) is 0 Å². The predicted molar refractivity (Wildman–Crippen MR) is 66.5 cm³/mol. The highest BCUT2D eigenvalue weighted by Gasteiger charge is 2.28. The summed E-state index contributed by atoms with van der Waals surface area (Å²) < 4.78 is 0. The molecule has 2 fully saturated rings. The number of piperidine rings is 1. The van der Waals surface area contributed by atoms with Crippen LogP contribution in [0.25, 0.3) is 0 Å². The molecule has 0 spiro atoms. The number of hydrogen-bond acceptors (Lipinski definition) is 3. The normalized spacial score (nSPS) is 36.6. The third kappa shape index (κ3) is 3.19. The van der Waals surface area contributed by atoms with Crippen LogP contribution in [0.4, 0.5) is 0 Å². The Morgan fingerprint density at radius 1 is 1.12 bits per heavy atom. The fourth-order valence-corrected chi connectivity index (χ4v) is 3.17. The summed E-state index contributed by atoms with van der Waals surface area (Å²) in [4.78, 5) is 2.38. The Bertz CT molecular complexity index is 204. The van der Waals surface area contributed by atoms with Gasteiger partial charge in [0.2, 0.25) is 0 Å². The Kier molecular flexibility index (Phi) is 4.62. The first kappa shape index (κ1) is 12.3. The molecule has 2 rings (SSSR count). The summed E-state index contributed by atoms with van der Waals surface area (Å²) in [7, 11) is 2.18. The molecule has 0 bridgehead atoms. The smallest absolute Gasteiger partial charge is 0.0695 e. The van der Waals surface area contributed by atoms with Crippen molar-refractivity contribution in [1.29, 1.82) is 0 Å². The van der Waals surface area contributed by atoms with Crippen LogP contribution in [0, 0.1) is 0 Å². The van der Waals surface area contributed by atoms with Crippen LogP contribution in [-0.2, 0) is 0 Å². The first-order valence-corrected chi connectivity index (χ1v) is 6.89. The highest BCUT2D eigenvalue weighted by Crippen LogP contribution is 2.23. The first-order chi connectivity index (χ1) is 7.77. The van der Waals surface area contributed by atoms with Crippen LogP contribution in [0.2, 0.25) is 0 Å². The molecule has 0 aromatic heterocycles. The largest absolute Gasteiger partial charge is 0.391 e. The van der Waals surface area contributed by atoms with Crippen LogP contribution in [-0.4, -0.2) is 48.3 Å². The van der Waals surface area contributed by atoms with Crippen LogP contribution < -0.4 is 5.32 Å². The van der Waals surface area contributed by atoms with E-state index in [0.717, 1.165) is 13.0 Å². The molecule has 16 heavy (non-hydrogen) atoms. The van der Waals surface area contributed by atoms with E-state index in [-0.39, 0.29) is 6.10 Å². The summed E-state index contributed by atoms with van der Waals surface area (Å²) in [5.74, 6) is 0. The zero-order valence-corrected chi connectivity index (χ0v) is 10.5. The molecule has 3 atom stereocenters. The minimum absolute atomic E-state index is 0.0951. The number of aliphatic hydroxyl groups excluding tert-OH is 1. The topological polar surface area (TPSA) is 35.5 Å². The zero-order valence-electron chi connectivity index (χ0n) is 10.5. The van der Waals surface area contributed by atoms with Gasteiger partial charge in [-0.05, 0) is 39.3 Å². The molecular weight excluding hydrogens is 200 g/mol. The van der Waals surface area contributed by atoms with Crippen molar-refractivity contribution >= 4 is 0 Å². The van der Waals surface area contributed by atoms with Gasteiger partial charge in [0, 0.05) is 18.6 Å². The summed E-state index contributed by atoms with van der Waals surface area (Å²) in [5, 5.41) is 13.6. The van der Waals surface area contributed by atoms with Gasteiger partial charge in [-0.25, -0.2) is 0 Å². The highest BCUT2D eigenvalue weighted by molar-refractivity contribution is 4.84. The summed E-state index contributed by atoms with van der Waals surface area (Å²) in [6.07, 6.45) is 8.54. The van der Waals surface area contributed by atoms with Crippen molar-refractivity contribution in [2.75, 3.05) is 20.1 Å². The second-order valence-corrected chi connectivity index (χ2v) is 5.51. The van der Waals surface area contributed by atoms with Gasteiger partial charge >= 0.3 is 0 Å². The van der Waals surface area contributed by atoms with Crippen molar-refractivity contribution in [3.8, 4) is 0 Å². The summed E-state index contributed by atoms with van der Waals surface area (Å²) in [6.45, 7) is 2.27. The van der Waals surface area contributed by atoms with Crippen molar-refractivity contribution < 1.29 is 5.11 Å². The number of nitrogens with zero attached hydrogens (tertiary/aromatic N) is 1. The highest BCUT2D eigenvalue weighted by atomic mass is 16.3. The molecular formula is C13H26N2O. The summed E-state index contributed by atoms with van der Waals surface area (Å²) in [6, 6.07) is 1.05. The Morgan fingerprint density at radius 3 is 2.56 bits per heavy atom. The van der Waals surface area contributed by atoms with E-state index in [2.05, 4.69) is 17.3 Å². The molecule has 0 aromatic carbocycles. The number of likely N-dealkylation sites (N-methyl/N-ethyl adjacent to an activating group) is 1. The van der Waals surface area contributed by atoms with E-state index in [1.807, 2.05) is 0 Å². The van der Waals surface area contributed by atoms with Gasteiger partial charge < -0.3 is 10.4 Å². The van der Waals surface area contributed by atoms with Gasteiger partial charge in [0.25, 0.3) is 0 Å². The fraction of sp³-hybridized carbons (Fsp3) is 1.00. The van der Waals surface area contributed by atoms with Gasteiger partial charge in [-0.15, -0.1) is 0 Å². The molecule has 3 heteroatoms. The van der Waals surface area contributed by atoms with E-state index in [1.165, 1.54) is 45.1 Å². The lowest BCUT2D eigenvalue weighted by molar-refractivity contribution is 0.0271. The zero-order chi connectivity index (χ0) is 11.4. The van der Waals surface area contributed by atoms with Crippen LogP contribution in [0.1, 0.15) is 44.9 Å². The molecule has 1 saturated carbocycles. The van der Waals surface area contributed by atoms with Crippen molar-refractivity contribution in [3.63, 3.8) is 0 Å². The molecule has 1 saturated heterocycles. The van der Waals surface area contributed by atoms with Crippen molar-refractivity contribution in [2.24, 2.45) is 0 Å². The minimum atomic E-state index is -0.0951. The van der Waals surface area contributed by atoms with Gasteiger partial charge in [0.15, 0.2) is 0 Å². The predicted octanol–water partition coefficient (Wildman–Crippen LogP) is 1.36. The van der Waals surface area contributed by atoms with Gasteiger partial charge in [0.05, 0.1) is 6.10 Å².